The molecule has 1 saturated carbocycles. The van der Waals surface area contributed by atoms with Crippen molar-refractivity contribution in [2.75, 3.05) is 27.2 Å². The first-order chi connectivity index (χ1) is 14.2. The number of likely N-dealkylation sites (N-methyl/N-ethyl adjacent to an activating group) is 1. The van der Waals surface area contributed by atoms with Crippen LogP contribution in [0, 0.1) is 0 Å². The number of rotatable bonds is 8. The Morgan fingerprint density at radius 3 is 2.66 bits per heavy atom. The van der Waals surface area contributed by atoms with Gasteiger partial charge in [-0.2, -0.15) is 0 Å². The second-order valence-corrected chi connectivity index (χ2v) is 7.92. The Morgan fingerprint density at radius 1 is 1.21 bits per heavy atom. The lowest BCUT2D eigenvalue weighted by atomic mass is 9.90. The Morgan fingerprint density at radius 2 is 1.97 bits per heavy atom. The van der Waals surface area contributed by atoms with E-state index < -0.39 is 0 Å². The van der Waals surface area contributed by atoms with Crippen LogP contribution >= 0.6 is 0 Å². The van der Waals surface area contributed by atoms with Crippen LogP contribution in [0.2, 0.25) is 0 Å². The number of hydrogen-bond donors (Lipinski definition) is 2. The highest BCUT2D eigenvalue weighted by atomic mass is 16.5. The summed E-state index contributed by atoms with van der Waals surface area (Å²) in [4.78, 5) is 18.1. The molecular weight excluding hydrogens is 362 g/mol. The number of nitrogens with zero attached hydrogens (tertiary/aromatic N) is 1. The summed E-state index contributed by atoms with van der Waals surface area (Å²) in [6.07, 6.45) is 5.74. The maximum Gasteiger partial charge on any atom is 0.234 e. The molecule has 4 rings (SSSR count). The third-order valence-corrected chi connectivity index (χ3v) is 6.11. The van der Waals surface area contributed by atoms with Crippen LogP contribution in [0.1, 0.15) is 36.3 Å². The Kier molecular flexibility index (Phi) is 5.86. The second kappa shape index (κ2) is 8.70. The molecule has 1 amide bonds. The lowest BCUT2D eigenvalue weighted by molar-refractivity contribution is -0.122. The van der Waals surface area contributed by atoms with Crippen molar-refractivity contribution in [2.24, 2.45) is 0 Å². The van der Waals surface area contributed by atoms with E-state index in [2.05, 4.69) is 51.7 Å². The Labute approximate surface area is 172 Å². The summed E-state index contributed by atoms with van der Waals surface area (Å²) >= 11 is 0. The molecule has 0 aliphatic heterocycles. The van der Waals surface area contributed by atoms with E-state index in [0.717, 1.165) is 16.8 Å². The van der Waals surface area contributed by atoms with Crippen LogP contribution in [0.5, 0.6) is 5.75 Å². The van der Waals surface area contributed by atoms with Crippen LogP contribution in [-0.2, 0) is 4.79 Å². The molecule has 0 spiro atoms. The molecule has 2 N–H and O–H groups in total. The maximum atomic E-state index is 12.6. The number of amides is 1. The van der Waals surface area contributed by atoms with Crippen molar-refractivity contribution in [1.29, 1.82) is 0 Å². The van der Waals surface area contributed by atoms with Crippen LogP contribution in [0.3, 0.4) is 0 Å². The first kappa shape index (κ1) is 19.5. The molecule has 0 saturated heterocycles. The summed E-state index contributed by atoms with van der Waals surface area (Å²) < 4.78 is 5.31. The van der Waals surface area contributed by atoms with Gasteiger partial charge in [0.25, 0.3) is 0 Å². The average Bonchev–Trinajstić information content (AvgIpc) is 3.11. The molecule has 0 radical (unpaired) electrons. The molecule has 3 aromatic rings. The summed E-state index contributed by atoms with van der Waals surface area (Å²) in [5.41, 5.74) is 3.46. The highest BCUT2D eigenvalue weighted by molar-refractivity contribution is 5.84. The standard InChI is InChI=1S/C24H29N3O2/c1-27(18-6-5-7-18)16-24(28)26-14-21(17-10-12-19(29-2)13-11-17)22-15-25-23-9-4-3-8-20(22)23/h3-4,8-13,15,18,21,25H,5-7,14,16H2,1-2H3,(H,26,28). The Bertz CT molecular complexity index is 960. The van der Waals surface area contributed by atoms with Gasteiger partial charge >= 0.3 is 0 Å². The van der Waals surface area contributed by atoms with Gasteiger partial charge in [-0.3, -0.25) is 9.69 Å². The molecule has 1 heterocycles. The zero-order valence-corrected chi connectivity index (χ0v) is 17.2. The van der Waals surface area contributed by atoms with Crippen LogP contribution < -0.4 is 10.1 Å². The first-order valence-electron chi connectivity index (χ1n) is 10.3. The van der Waals surface area contributed by atoms with Crippen LogP contribution in [0.4, 0.5) is 0 Å². The number of aromatic nitrogens is 1. The van der Waals surface area contributed by atoms with E-state index in [4.69, 9.17) is 4.74 Å². The molecule has 5 nitrogen and oxygen atoms in total. The van der Waals surface area contributed by atoms with Crippen molar-refractivity contribution >= 4 is 16.8 Å². The van der Waals surface area contributed by atoms with E-state index in [-0.39, 0.29) is 11.8 Å². The summed E-state index contributed by atoms with van der Waals surface area (Å²) in [6, 6.07) is 17.0. The molecule has 1 unspecified atom stereocenters. The van der Waals surface area contributed by atoms with Crippen LogP contribution in [0.15, 0.2) is 54.7 Å². The van der Waals surface area contributed by atoms with Crippen molar-refractivity contribution in [3.05, 3.63) is 65.9 Å². The van der Waals surface area contributed by atoms with E-state index >= 15 is 0 Å². The van der Waals surface area contributed by atoms with E-state index in [1.165, 1.54) is 30.2 Å². The fraction of sp³-hybridized carbons (Fsp3) is 0.375. The predicted octanol–water partition coefficient (Wildman–Crippen LogP) is 3.91. The Balaban J connectivity index is 1.54. The lowest BCUT2D eigenvalue weighted by Gasteiger charge is -2.34. The molecule has 1 aromatic heterocycles. The van der Waals surface area contributed by atoms with Gasteiger partial charge in [0, 0.05) is 35.6 Å². The van der Waals surface area contributed by atoms with Gasteiger partial charge < -0.3 is 15.0 Å². The zero-order chi connectivity index (χ0) is 20.2. The second-order valence-electron chi connectivity index (χ2n) is 7.92. The van der Waals surface area contributed by atoms with Gasteiger partial charge in [-0.1, -0.05) is 36.8 Å². The molecule has 1 aliphatic carbocycles. The molecular formula is C24H29N3O2. The number of fused-ring (bicyclic) bond motifs is 1. The number of methoxy groups -OCH3 is 1. The van der Waals surface area contributed by atoms with Gasteiger partial charge in [-0.05, 0) is 49.2 Å². The molecule has 1 atom stereocenters. The predicted molar refractivity (Wildman–Crippen MR) is 116 cm³/mol. The number of nitrogens with one attached hydrogen (secondary N) is 2. The van der Waals surface area contributed by atoms with E-state index in [9.17, 15) is 4.79 Å². The number of carbonyl (C=O) groups excluding carboxylic acids is 1. The minimum absolute atomic E-state index is 0.0648. The summed E-state index contributed by atoms with van der Waals surface area (Å²) in [7, 11) is 3.72. The molecule has 2 aromatic carbocycles. The molecule has 0 bridgehead atoms. The summed E-state index contributed by atoms with van der Waals surface area (Å²) in [5, 5.41) is 4.36. The summed E-state index contributed by atoms with van der Waals surface area (Å²) in [6.45, 7) is 1.01. The first-order valence-corrected chi connectivity index (χ1v) is 10.3. The van der Waals surface area contributed by atoms with Crippen molar-refractivity contribution in [3.8, 4) is 5.75 Å². The van der Waals surface area contributed by atoms with Gasteiger partial charge in [0.05, 0.1) is 13.7 Å². The van der Waals surface area contributed by atoms with E-state index in [1.54, 1.807) is 7.11 Å². The normalized spacial score (nSPS) is 15.3. The van der Waals surface area contributed by atoms with Crippen LogP contribution in [0.25, 0.3) is 10.9 Å². The quantitative estimate of drug-likeness (QED) is 0.612. The third kappa shape index (κ3) is 4.30. The molecule has 152 valence electrons. The maximum absolute atomic E-state index is 12.6. The van der Waals surface area contributed by atoms with Gasteiger partial charge in [0.15, 0.2) is 0 Å². The average molecular weight is 392 g/mol. The number of para-hydroxylation sites is 1. The number of H-pyrrole nitrogens is 1. The minimum atomic E-state index is 0.0648. The van der Waals surface area contributed by atoms with Crippen LogP contribution in [-0.4, -0.2) is 49.1 Å². The minimum Gasteiger partial charge on any atom is -0.497 e. The third-order valence-electron chi connectivity index (χ3n) is 6.11. The van der Waals surface area contributed by atoms with Gasteiger partial charge in [0.2, 0.25) is 5.91 Å². The van der Waals surface area contributed by atoms with Crippen molar-refractivity contribution in [2.45, 2.75) is 31.2 Å². The summed E-state index contributed by atoms with van der Waals surface area (Å²) in [5.74, 6) is 0.977. The van der Waals surface area contributed by atoms with Crippen molar-refractivity contribution in [1.82, 2.24) is 15.2 Å². The van der Waals surface area contributed by atoms with Crippen molar-refractivity contribution in [3.63, 3.8) is 0 Å². The fourth-order valence-corrected chi connectivity index (χ4v) is 4.08. The Hall–Kier alpha value is -2.79. The van der Waals surface area contributed by atoms with Gasteiger partial charge in [-0.25, -0.2) is 0 Å². The highest BCUT2D eigenvalue weighted by Crippen LogP contribution is 2.31. The SMILES string of the molecule is COc1ccc(C(CNC(=O)CN(C)C2CCC2)c2c[nH]c3ccccc23)cc1. The highest BCUT2D eigenvalue weighted by Gasteiger charge is 2.24. The number of hydrogen-bond acceptors (Lipinski definition) is 3. The number of benzene rings is 2. The van der Waals surface area contributed by atoms with Gasteiger partial charge in [0.1, 0.15) is 5.75 Å². The number of ether oxygens (including phenoxy) is 1. The monoisotopic (exact) mass is 391 g/mol. The molecule has 1 fully saturated rings. The number of aromatic amines is 1. The number of carbonyl (C=O) groups is 1. The van der Waals surface area contributed by atoms with Gasteiger partial charge in [-0.15, -0.1) is 0 Å². The largest absolute Gasteiger partial charge is 0.497 e. The van der Waals surface area contributed by atoms with Crippen molar-refractivity contribution < 1.29 is 9.53 Å². The topological polar surface area (TPSA) is 57.4 Å². The molecule has 29 heavy (non-hydrogen) atoms. The lowest BCUT2D eigenvalue weighted by Crippen LogP contribution is -2.44. The smallest absolute Gasteiger partial charge is 0.234 e. The molecule has 5 heteroatoms. The molecule has 1 aliphatic rings. The van der Waals surface area contributed by atoms with E-state index in [1.807, 2.05) is 25.2 Å². The zero-order valence-electron chi connectivity index (χ0n) is 17.2. The fourth-order valence-electron chi connectivity index (χ4n) is 4.08. The van der Waals surface area contributed by atoms with E-state index in [0.29, 0.717) is 19.1 Å².